The summed E-state index contributed by atoms with van der Waals surface area (Å²) in [6.45, 7) is 1.60. The predicted molar refractivity (Wildman–Crippen MR) is 93.3 cm³/mol. The Kier molecular flexibility index (Phi) is 5.01. The van der Waals surface area contributed by atoms with E-state index in [1.54, 1.807) is 0 Å². The van der Waals surface area contributed by atoms with E-state index < -0.39 is 0 Å². The summed E-state index contributed by atoms with van der Waals surface area (Å²) < 4.78 is 0. The van der Waals surface area contributed by atoms with Gasteiger partial charge in [0.15, 0.2) is 0 Å². The lowest BCUT2D eigenvalue weighted by molar-refractivity contribution is 0.215. The topological polar surface area (TPSA) is 32.3 Å². The zero-order valence-electron chi connectivity index (χ0n) is 12.4. The molecule has 114 valence electrons. The highest BCUT2D eigenvalue weighted by atomic mass is 32.2. The van der Waals surface area contributed by atoms with Gasteiger partial charge in [0.05, 0.1) is 0 Å². The fourth-order valence-corrected chi connectivity index (χ4v) is 3.86. The molecule has 0 aromatic heterocycles. The molecule has 2 aromatic rings. The van der Waals surface area contributed by atoms with E-state index in [1.807, 2.05) is 53.1 Å². The fourth-order valence-electron chi connectivity index (χ4n) is 2.63. The number of rotatable bonds is 2. The van der Waals surface area contributed by atoms with Crippen LogP contribution in [0.25, 0.3) is 0 Å². The molecule has 1 saturated heterocycles. The number of carbonyl (C=O) groups excluding carboxylic acids is 1. The van der Waals surface area contributed by atoms with Crippen molar-refractivity contribution in [2.45, 2.75) is 11.7 Å². The smallest absolute Gasteiger partial charge is 0.321 e. The van der Waals surface area contributed by atoms with Crippen molar-refractivity contribution < 1.29 is 4.79 Å². The summed E-state index contributed by atoms with van der Waals surface area (Å²) in [5, 5.41) is 3.45. The van der Waals surface area contributed by atoms with E-state index in [2.05, 4.69) is 29.6 Å². The molecule has 0 bridgehead atoms. The Balaban J connectivity index is 1.59. The second-order valence-corrected chi connectivity index (χ2v) is 6.65. The first-order valence-corrected chi connectivity index (χ1v) is 8.65. The monoisotopic (exact) mass is 312 g/mol. The third-order valence-electron chi connectivity index (χ3n) is 3.83. The SMILES string of the molecule is O=C(Nc1ccccc1)N1CCSC(c2ccccc2)CC1. The van der Waals surface area contributed by atoms with Gasteiger partial charge in [-0.1, -0.05) is 48.5 Å². The Hall–Kier alpha value is -1.94. The number of para-hydroxylation sites is 1. The van der Waals surface area contributed by atoms with Gasteiger partial charge in [-0.15, -0.1) is 0 Å². The van der Waals surface area contributed by atoms with Crippen LogP contribution in [0.2, 0.25) is 0 Å². The summed E-state index contributed by atoms with van der Waals surface area (Å²) in [5.74, 6) is 0.974. The molecule has 1 atom stereocenters. The maximum atomic E-state index is 12.4. The van der Waals surface area contributed by atoms with Gasteiger partial charge in [-0.2, -0.15) is 11.8 Å². The molecule has 1 N–H and O–H groups in total. The van der Waals surface area contributed by atoms with Gasteiger partial charge in [0.25, 0.3) is 0 Å². The number of benzene rings is 2. The van der Waals surface area contributed by atoms with Crippen LogP contribution in [0, 0.1) is 0 Å². The van der Waals surface area contributed by atoms with E-state index in [0.29, 0.717) is 5.25 Å². The molecule has 1 heterocycles. The van der Waals surface area contributed by atoms with Crippen molar-refractivity contribution in [3.63, 3.8) is 0 Å². The number of thioether (sulfide) groups is 1. The molecule has 0 saturated carbocycles. The zero-order chi connectivity index (χ0) is 15.2. The standard InChI is InChI=1S/C18H20N2OS/c21-18(19-16-9-5-2-6-10-16)20-12-11-17(22-14-13-20)15-7-3-1-4-8-15/h1-10,17H,11-14H2,(H,19,21). The summed E-state index contributed by atoms with van der Waals surface area (Å²) in [6, 6.07) is 20.2. The molecule has 0 spiro atoms. The van der Waals surface area contributed by atoms with Crippen LogP contribution >= 0.6 is 11.8 Å². The van der Waals surface area contributed by atoms with Crippen molar-refractivity contribution in [2.24, 2.45) is 0 Å². The second-order valence-electron chi connectivity index (χ2n) is 5.34. The van der Waals surface area contributed by atoms with Crippen molar-refractivity contribution in [3.8, 4) is 0 Å². The van der Waals surface area contributed by atoms with E-state index >= 15 is 0 Å². The third kappa shape index (κ3) is 3.83. The summed E-state index contributed by atoms with van der Waals surface area (Å²) in [4.78, 5) is 14.3. The van der Waals surface area contributed by atoms with Crippen LogP contribution in [0.5, 0.6) is 0 Å². The van der Waals surface area contributed by atoms with Crippen LogP contribution < -0.4 is 5.32 Å². The first-order chi connectivity index (χ1) is 10.8. The molecule has 1 aliphatic heterocycles. The number of hydrogen-bond donors (Lipinski definition) is 1. The highest BCUT2D eigenvalue weighted by Gasteiger charge is 2.21. The lowest BCUT2D eigenvalue weighted by atomic mass is 10.1. The molecular weight excluding hydrogens is 292 g/mol. The Morgan fingerprint density at radius 1 is 1.00 bits per heavy atom. The van der Waals surface area contributed by atoms with Crippen molar-refractivity contribution in [2.75, 3.05) is 24.2 Å². The second kappa shape index (κ2) is 7.36. The van der Waals surface area contributed by atoms with Crippen LogP contribution in [0.1, 0.15) is 17.2 Å². The summed E-state index contributed by atoms with van der Waals surface area (Å²) in [6.07, 6.45) is 0.997. The number of hydrogen-bond acceptors (Lipinski definition) is 2. The van der Waals surface area contributed by atoms with Crippen LogP contribution in [0.3, 0.4) is 0 Å². The lowest BCUT2D eigenvalue weighted by Crippen LogP contribution is -2.36. The van der Waals surface area contributed by atoms with Gasteiger partial charge in [-0.05, 0) is 24.1 Å². The van der Waals surface area contributed by atoms with Gasteiger partial charge in [0, 0.05) is 29.8 Å². The Bertz CT molecular complexity index is 603. The average Bonchev–Trinajstić information content (AvgIpc) is 2.83. The number of anilines is 1. The van der Waals surface area contributed by atoms with E-state index in [4.69, 9.17) is 0 Å². The van der Waals surface area contributed by atoms with E-state index in [9.17, 15) is 4.79 Å². The quantitative estimate of drug-likeness (QED) is 0.891. The zero-order valence-corrected chi connectivity index (χ0v) is 13.3. The van der Waals surface area contributed by atoms with E-state index in [-0.39, 0.29) is 6.03 Å². The van der Waals surface area contributed by atoms with Crippen molar-refractivity contribution in [1.29, 1.82) is 0 Å². The molecule has 0 aliphatic carbocycles. The van der Waals surface area contributed by atoms with Crippen molar-refractivity contribution in [3.05, 3.63) is 66.2 Å². The molecule has 4 heteroatoms. The summed E-state index contributed by atoms with van der Waals surface area (Å²) >= 11 is 1.94. The molecule has 1 fully saturated rings. The molecule has 0 radical (unpaired) electrons. The first kappa shape index (κ1) is 15.0. The van der Waals surface area contributed by atoms with Crippen LogP contribution in [0.4, 0.5) is 10.5 Å². The minimum atomic E-state index is 0.000474. The van der Waals surface area contributed by atoms with Crippen molar-refractivity contribution in [1.82, 2.24) is 4.90 Å². The molecule has 22 heavy (non-hydrogen) atoms. The van der Waals surface area contributed by atoms with E-state index in [0.717, 1.165) is 31.0 Å². The number of nitrogens with one attached hydrogen (secondary N) is 1. The summed E-state index contributed by atoms with van der Waals surface area (Å²) in [5.41, 5.74) is 2.21. The van der Waals surface area contributed by atoms with Gasteiger partial charge in [-0.25, -0.2) is 4.79 Å². The number of nitrogens with zero attached hydrogens (tertiary/aromatic N) is 1. The average molecular weight is 312 g/mol. The van der Waals surface area contributed by atoms with Gasteiger partial charge in [0.1, 0.15) is 0 Å². The van der Waals surface area contributed by atoms with Gasteiger partial charge in [0.2, 0.25) is 0 Å². The number of amides is 2. The highest BCUT2D eigenvalue weighted by molar-refractivity contribution is 7.99. The minimum absolute atomic E-state index is 0.000474. The molecule has 2 aromatic carbocycles. The number of urea groups is 1. The molecule has 2 amide bonds. The van der Waals surface area contributed by atoms with Crippen LogP contribution in [-0.4, -0.2) is 29.8 Å². The van der Waals surface area contributed by atoms with Crippen LogP contribution in [-0.2, 0) is 0 Å². The Labute approximate surface area is 135 Å². The van der Waals surface area contributed by atoms with Crippen LogP contribution in [0.15, 0.2) is 60.7 Å². The minimum Gasteiger partial charge on any atom is -0.324 e. The van der Waals surface area contributed by atoms with Gasteiger partial charge < -0.3 is 10.2 Å². The molecule has 1 unspecified atom stereocenters. The molecular formula is C18H20N2OS. The normalized spacial score (nSPS) is 18.5. The largest absolute Gasteiger partial charge is 0.324 e. The summed E-state index contributed by atoms with van der Waals surface area (Å²) in [7, 11) is 0. The van der Waals surface area contributed by atoms with Gasteiger partial charge >= 0.3 is 6.03 Å². The molecule has 1 aliphatic rings. The number of carbonyl (C=O) groups is 1. The molecule has 3 rings (SSSR count). The third-order valence-corrected chi connectivity index (χ3v) is 5.15. The Morgan fingerprint density at radius 2 is 1.68 bits per heavy atom. The highest BCUT2D eigenvalue weighted by Crippen LogP contribution is 2.34. The lowest BCUT2D eigenvalue weighted by Gasteiger charge is -2.21. The van der Waals surface area contributed by atoms with Crippen molar-refractivity contribution >= 4 is 23.5 Å². The first-order valence-electron chi connectivity index (χ1n) is 7.60. The predicted octanol–water partition coefficient (Wildman–Crippen LogP) is 4.40. The fraction of sp³-hybridized carbons (Fsp3) is 0.278. The van der Waals surface area contributed by atoms with E-state index in [1.165, 1.54) is 5.56 Å². The Morgan fingerprint density at radius 3 is 2.41 bits per heavy atom. The molecule has 3 nitrogen and oxygen atoms in total. The van der Waals surface area contributed by atoms with Gasteiger partial charge in [-0.3, -0.25) is 0 Å². The maximum Gasteiger partial charge on any atom is 0.321 e. The maximum absolute atomic E-state index is 12.4.